The summed E-state index contributed by atoms with van der Waals surface area (Å²) in [4.78, 5) is 9.00. The molecule has 0 aromatic carbocycles. The van der Waals surface area contributed by atoms with E-state index in [1.165, 1.54) is 0 Å². The standard InChI is InChI=1S/C2H4O2.Ca.H2O.H2S.2H/c1-2(3)4;;;;;/h1H3,(H,3,4);;2*1H2;;. The van der Waals surface area contributed by atoms with E-state index in [-0.39, 0.29) is 56.7 Å². The summed E-state index contributed by atoms with van der Waals surface area (Å²) >= 11 is 0. The SMILES string of the molecule is CC(=O)O.O.S.[CaH2]. The Bertz CT molecular complexity index is 35.9. The molecule has 3 N–H and O–H groups in total. The van der Waals surface area contributed by atoms with Crippen molar-refractivity contribution in [3.63, 3.8) is 0 Å². The van der Waals surface area contributed by atoms with Crippen LogP contribution in [-0.2, 0) is 4.79 Å². The second-order valence-electron chi connectivity index (χ2n) is 0.519. The number of hydrogen-bond acceptors (Lipinski definition) is 1. The van der Waals surface area contributed by atoms with Gasteiger partial charge in [-0.2, -0.15) is 13.5 Å². The number of rotatable bonds is 0. The summed E-state index contributed by atoms with van der Waals surface area (Å²) in [5, 5.41) is 7.42. The molecule has 0 radical (unpaired) electrons. The summed E-state index contributed by atoms with van der Waals surface area (Å²) in [6.07, 6.45) is 0. The maximum absolute atomic E-state index is 9.00. The fourth-order valence-corrected chi connectivity index (χ4v) is 0. The third kappa shape index (κ3) is 165. The van der Waals surface area contributed by atoms with E-state index >= 15 is 0 Å². The molecule has 0 aliphatic heterocycles. The zero-order valence-corrected chi connectivity index (χ0v) is 4.36. The van der Waals surface area contributed by atoms with Crippen LogP contribution in [0.15, 0.2) is 0 Å². The van der Waals surface area contributed by atoms with Crippen LogP contribution in [0.25, 0.3) is 0 Å². The molecule has 3 nitrogen and oxygen atoms in total. The molecule has 0 bridgehead atoms. The Morgan fingerprint density at radius 3 is 1.57 bits per heavy atom. The molecule has 7 heavy (non-hydrogen) atoms. The molecule has 0 spiro atoms. The molecule has 0 aliphatic rings. The van der Waals surface area contributed by atoms with Crippen LogP contribution in [0, 0.1) is 0 Å². The zero-order valence-electron chi connectivity index (χ0n) is 3.36. The van der Waals surface area contributed by atoms with Crippen molar-refractivity contribution in [1.29, 1.82) is 0 Å². The van der Waals surface area contributed by atoms with Crippen molar-refractivity contribution >= 4 is 57.2 Å². The minimum atomic E-state index is -0.833. The van der Waals surface area contributed by atoms with Crippen LogP contribution in [0.3, 0.4) is 0 Å². The third-order valence-corrected chi connectivity index (χ3v) is 0. The number of aliphatic carboxylic acids is 1. The van der Waals surface area contributed by atoms with E-state index in [2.05, 4.69) is 0 Å². The number of carboxylic acids is 1. The molecule has 0 unspecified atom stereocenters. The second kappa shape index (κ2) is 15.7. The topological polar surface area (TPSA) is 68.8 Å². The first-order valence-corrected chi connectivity index (χ1v) is 0.928. The van der Waals surface area contributed by atoms with Gasteiger partial charge in [0.25, 0.3) is 5.97 Å². The van der Waals surface area contributed by atoms with Crippen LogP contribution < -0.4 is 0 Å². The molecular formula is C2H10CaO3S. The van der Waals surface area contributed by atoms with Crippen LogP contribution in [-0.4, -0.2) is 54.3 Å². The first kappa shape index (κ1) is 24.4. The van der Waals surface area contributed by atoms with Gasteiger partial charge < -0.3 is 10.6 Å². The molecular weight excluding hydrogens is 144 g/mol. The van der Waals surface area contributed by atoms with Crippen molar-refractivity contribution < 1.29 is 15.4 Å². The molecule has 0 fully saturated rings. The quantitative estimate of drug-likeness (QED) is 0.430. The van der Waals surface area contributed by atoms with Gasteiger partial charge in [0.1, 0.15) is 0 Å². The Morgan fingerprint density at radius 2 is 1.57 bits per heavy atom. The van der Waals surface area contributed by atoms with Crippen molar-refractivity contribution in [2.75, 3.05) is 0 Å². The van der Waals surface area contributed by atoms with Gasteiger partial charge in [-0.25, -0.2) is 0 Å². The van der Waals surface area contributed by atoms with Gasteiger partial charge in [-0.05, 0) is 0 Å². The summed E-state index contributed by atoms with van der Waals surface area (Å²) in [6.45, 7) is 1.08. The maximum atomic E-state index is 9.00. The van der Waals surface area contributed by atoms with E-state index in [4.69, 9.17) is 9.90 Å². The molecule has 0 amide bonds. The van der Waals surface area contributed by atoms with Crippen molar-refractivity contribution in [3.8, 4) is 0 Å². The molecule has 0 aromatic heterocycles. The second-order valence-corrected chi connectivity index (χ2v) is 0.519. The first-order chi connectivity index (χ1) is 1.73. The number of hydrogen-bond donors (Lipinski definition) is 1. The fraction of sp³-hybridized carbons (Fsp3) is 0.500. The van der Waals surface area contributed by atoms with Gasteiger partial charge >= 0.3 is 37.7 Å². The van der Waals surface area contributed by atoms with Gasteiger partial charge in [-0.15, -0.1) is 0 Å². The number of carboxylic acid groups (broad SMARTS) is 1. The zero-order chi connectivity index (χ0) is 3.58. The van der Waals surface area contributed by atoms with E-state index in [0.717, 1.165) is 6.92 Å². The van der Waals surface area contributed by atoms with Gasteiger partial charge in [-0.3, -0.25) is 4.79 Å². The summed E-state index contributed by atoms with van der Waals surface area (Å²) in [5.41, 5.74) is 0. The predicted molar refractivity (Wildman–Crippen MR) is 35.8 cm³/mol. The van der Waals surface area contributed by atoms with Crippen LogP contribution in [0.2, 0.25) is 0 Å². The molecule has 0 aromatic rings. The molecule has 44 valence electrons. The van der Waals surface area contributed by atoms with Crippen LogP contribution in [0.1, 0.15) is 6.92 Å². The van der Waals surface area contributed by atoms with Crippen molar-refractivity contribution in [1.82, 2.24) is 0 Å². The fourth-order valence-electron chi connectivity index (χ4n) is 0. The van der Waals surface area contributed by atoms with Crippen LogP contribution >= 0.6 is 13.5 Å². The van der Waals surface area contributed by atoms with Gasteiger partial charge in [0.05, 0.1) is 0 Å². The molecule has 0 heterocycles. The van der Waals surface area contributed by atoms with Gasteiger partial charge in [0.15, 0.2) is 0 Å². The van der Waals surface area contributed by atoms with Crippen LogP contribution in [0.5, 0.6) is 0 Å². The Kier molecular flexibility index (Phi) is 54.9. The van der Waals surface area contributed by atoms with Crippen molar-refractivity contribution in [3.05, 3.63) is 0 Å². The Morgan fingerprint density at radius 1 is 1.57 bits per heavy atom. The summed E-state index contributed by atoms with van der Waals surface area (Å²) in [5.74, 6) is -0.833. The average molecular weight is 154 g/mol. The predicted octanol–water partition coefficient (Wildman–Crippen LogP) is -1.54. The third-order valence-electron chi connectivity index (χ3n) is 0. The Balaban J connectivity index is -0.0000000150. The summed E-state index contributed by atoms with van der Waals surface area (Å²) in [7, 11) is 0. The number of carbonyl (C=O) groups is 1. The van der Waals surface area contributed by atoms with E-state index in [9.17, 15) is 0 Å². The minimum absolute atomic E-state index is 0. The molecule has 0 saturated carbocycles. The Hall–Kier alpha value is 1.04. The first-order valence-electron chi connectivity index (χ1n) is 0.928. The van der Waals surface area contributed by atoms with Crippen molar-refractivity contribution in [2.45, 2.75) is 6.92 Å². The van der Waals surface area contributed by atoms with Gasteiger partial charge in [0, 0.05) is 6.92 Å². The Labute approximate surface area is 78.8 Å². The van der Waals surface area contributed by atoms with Gasteiger partial charge in [-0.1, -0.05) is 0 Å². The normalized spacial score (nSPS) is 3.57. The molecule has 5 heteroatoms. The van der Waals surface area contributed by atoms with Gasteiger partial charge in [0.2, 0.25) is 0 Å². The van der Waals surface area contributed by atoms with E-state index in [1.54, 1.807) is 0 Å². The van der Waals surface area contributed by atoms with E-state index < -0.39 is 5.97 Å². The molecule has 0 saturated heterocycles. The summed E-state index contributed by atoms with van der Waals surface area (Å²) < 4.78 is 0. The van der Waals surface area contributed by atoms with Crippen LogP contribution in [0.4, 0.5) is 0 Å². The molecule has 0 rings (SSSR count). The summed E-state index contributed by atoms with van der Waals surface area (Å²) in [6, 6.07) is 0. The van der Waals surface area contributed by atoms with E-state index in [1.807, 2.05) is 0 Å². The molecule has 0 atom stereocenters. The molecule has 0 aliphatic carbocycles. The van der Waals surface area contributed by atoms with Crippen molar-refractivity contribution in [2.24, 2.45) is 0 Å². The van der Waals surface area contributed by atoms with E-state index in [0.29, 0.717) is 0 Å². The monoisotopic (exact) mass is 154 g/mol. The average Bonchev–Trinajstić information content (AvgIpc) is 0.811.